The number of ether oxygens (including phenoxy) is 3. The van der Waals surface area contributed by atoms with Gasteiger partial charge in [0.1, 0.15) is 5.82 Å². The molecule has 1 amide bonds. The van der Waals surface area contributed by atoms with Gasteiger partial charge in [-0.1, -0.05) is 18.2 Å². The molecular formula is C18H20FNO4. The predicted octanol–water partition coefficient (Wildman–Crippen LogP) is 2.71. The summed E-state index contributed by atoms with van der Waals surface area (Å²) in [5, 5.41) is 2.70. The van der Waals surface area contributed by atoms with E-state index in [4.69, 9.17) is 14.2 Å². The Bertz CT molecular complexity index is 693. The van der Waals surface area contributed by atoms with E-state index in [1.165, 1.54) is 27.4 Å². The van der Waals surface area contributed by atoms with Gasteiger partial charge in [0, 0.05) is 12.1 Å². The molecule has 0 radical (unpaired) electrons. The first-order valence-corrected chi connectivity index (χ1v) is 7.38. The fourth-order valence-electron chi connectivity index (χ4n) is 2.32. The van der Waals surface area contributed by atoms with E-state index in [1.54, 1.807) is 30.3 Å². The fourth-order valence-corrected chi connectivity index (χ4v) is 2.32. The quantitative estimate of drug-likeness (QED) is 0.846. The predicted molar refractivity (Wildman–Crippen MR) is 88.0 cm³/mol. The smallest absolute Gasteiger partial charge is 0.224 e. The number of benzene rings is 2. The van der Waals surface area contributed by atoms with Gasteiger partial charge in [-0.15, -0.1) is 0 Å². The molecule has 0 fully saturated rings. The Labute approximate surface area is 140 Å². The van der Waals surface area contributed by atoms with Crippen LogP contribution in [-0.4, -0.2) is 27.2 Å². The first-order valence-electron chi connectivity index (χ1n) is 7.38. The lowest BCUT2D eigenvalue weighted by molar-refractivity contribution is -0.120. The lowest BCUT2D eigenvalue weighted by atomic mass is 10.1. The van der Waals surface area contributed by atoms with Gasteiger partial charge in [0.05, 0.1) is 27.8 Å². The third-order valence-electron chi connectivity index (χ3n) is 3.52. The number of hydrogen-bond donors (Lipinski definition) is 1. The Hall–Kier alpha value is -2.76. The van der Waals surface area contributed by atoms with Crippen molar-refractivity contribution in [3.63, 3.8) is 0 Å². The van der Waals surface area contributed by atoms with Crippen molar-refractivity contribution in [1.29, 1.82) is 0 Å². The van der Waals surface area contributed by atoms with Crippen LogP contribution < -0.4 is 19.5 Å². The first-order chi connectivity index (χ1) is 11.6. The molecule has 0 saturated carbocycles. The van der Waals surface area contributed by atoms with Gasteiger partial charge in [-0.2, -0.15) is 0 Å². The van der Waals surface area contributed by atoms with Crippen molar-refractivity contribution in [2.75, 3.05) is 21.3 Å². The molecule has 0 aliphatic carbocycles. The number of methoxy groups -OCH3 is 3. The molecule has 0 spiro atoms. The summed E-state index contributed by atoms with van der Waals surface area (Å²) in [5.74, 6) is 0.858. The molecular weight excluding hydrogens is 313 g/mol. The van der Waals surface area contributed by atoms with Gasteiger partial charge in [0.2, 0.25) is 11.7 Å². The van der Waals surface area contributed by atoms with E-state index in [1.807, 2.05) is 0 Å². The van der Waals surface area contributed by atoms with E-state index < -0.39 is 0 Å². The lowest BCUT2D eigenvalue weighted by Gasteiger charge is -2.14. The highest BCUT2D eigenvalue weighted by Gasteiger charge is 2.15. The van der Waals surface area contributed by atoms with Gasteiger partial charge in [-0.3, -0.25) is 4.79 Å². The maximum atomic E-state index is 13.5. The van der Waals surface area contributed by atoms with Crippen LogP contribution in [0.2, 0.25) is 0 Å². The maximum Gasteiger partial charge on any atom is 0.224 e. The highest BCUT2D eigenvalue weighted by atomic mass is 19.1. The Kier molecular flexibility index (Phi) is 6.01. The van der Waals surface area contributed by atoms with Crippen molar-refractivity contribution >= 4 is 5.91 Å². The second-order valence-corrected chi connectivity index (χ2v) is 5.08. The minimum absolute atomic E-state index is 0.116. The second kappa shape index (κ2) is 8.19. The van der Waals surface area contributed by atoms with Crippen LogP contribution in [0.15, 0.2) is 36.4 Å². The zero-order valence-electron chi connectivity index (χ0n) is 13.9. The van der Waals surface area contributed by atoms with E-state index >= 15 is 0 Å². The third-order valence-corrected chi connectivity index (χ3v) is 3.52. The summed E-state index contributed by atoms with van der Waals surface area (Å²) in [6.07, 6.45) is 0.116. The highest BCUT2D eigenvalue weighted by molar-refractivity contribution is 5.79. The van der Waals surface area contributed by atoms with Crippen molar-refractivity contribution in [1.82, 2.24) is 5.32 Å². The van der Waals surface area contributed by atoms with Crippen LogP contribution in [0.25, 0.3) is 0 Å². The molecule has 0 aliphatic rings. The van der Waals surface area contributed by atoms with Gasteiger partial charge >= 0.3 is 0 Å². The molecule has 5 nitrogen and oxygen atoms in total. The summed E-state index contributed by atoms with van der Waals surface area (Å²) in [4.78, 5) is 12.1. The maximum absolute atomic E-state index is 13.5. The normalized spacial score (nSPS) is 10.2. The fraction of sp³-hybridized carbons (Fsp3) is 0.278. The van der Waals surface area contributed by atoms with Crippen LogP contribution in [-0.2, 0) is 17.8 Å². The molecule has 0 heterocycles. The molecule has 0 unspecified atom stereocenters. The molecule has 0 aromatic heterocycles. The monoisotopic (exact) mass is 333 g/mol. The van der Waals surface area contributed by atoms with Crippen molar-refractivity contribution in [3.8, 4) is 17.2 Å². The number of nitrogens with one attached hydrogen (secondary N) is 1. The molecule has 128 valence electrons. The van der Waals surface area contributed by atoms with Gasteiger partial charge in [-0.05, 0) is 23.8 Å². The number of halogens is 1. The van der Waals surface area contributed by atoms with Crippen LogP contribution in [0.4, 0.5) is 4.39 Å². The summed E-state index contributed by atoms with van der Waals surface area (Å²) in [6.45, 7) is 0.135. The molecule has 0 saturated heterocycles. The van der Waals surface area contributed by atoms with Gasteiger partial charge in [0.15, 0.2) is 11.5 Å². The van der Waals surface area contributed by atoms with Crippen LogP contribution in [0, 0.1) is 5.82 Å². The van der Waals surface area contributed by atoms with Crippen molar-refractivity contribution in [2.45, 2.75) is 13.0 Å². The molecule has 2 aromatic carbocycles. The zero-order chi connectivity index (χ0) is 17.5. The average Bonchev–Trinajstić information content (AvgIpc) is 2.60. The van der Waals surface area contributed by atoms with E-state index in [0.717, 1.165) is 0 Å². The number of rotatable bonds is 7. The summed E-state index contributed by atoms with van der Waals surface area (Å²) in [7, 11) is 4.54. The summed E-state index contributed by atoms with van der Waals surface area (Å²) in [6, 6.07) is 9.75. The minimum atomic E-state index is -0.342. The lowest BCUT2D eigenvalue weighted by Crippen LogP contribution is -2.25. The molecule has 2 rings (SSSR count). The third kappa shape index (κ3) is 4.16. The molecule has 24 heavy (non-hydrogen) atoms. The molecule has 0 bridgehead atoms. The van der Waals surface area contributed by atoms with Gasteiger partial charge in [-0.25, -0.2) is 4.39 Å². The number of carbonyl (C=O) groups is 1. The highest BCUT2D eigenvalue weighted by Crippen LogP contribution is 2.38. The Morgan fingerprint density at radius 1 is 1.04 bits per heavy atom. The Morgan fingerprint density at radius 2 is 1.67 bits per heavy atom. The van der Waals surface area contributed by atoms with E-state index in [-0.39, 0.29) is 24.7 Å². The molecule has 0 atom stereocenters. The second-order valence-electron chi connectivity index (χ2n) is 5.08. The van der Waals surface area contributed by atoms with Gasteiger partial charge in [0.25, 0.3) is 0 Å². The zero-order valence-corrected chi connectivity index (χ0v) is 13.9. The topological polar surface area (TPSA) is 56.8 Å². The van der Waals surface area contributed by atoms with E-state index in [2.05, 4.69) is 5.32 Å². The van der Waals surface area contributed by atoms with Crippen molar-refractivity contribution < 1.29 is 23.4 Å². The van der Waals surface area contributed by atoms with Crippen LogP contribution in [0.3, 0.4) is 0 Å². The number of hydrogen-bond acceptors (Lipinski definition) is 4. The Balaban J connectivity index is 2.07. The summed E-state index contributed by atoms with van der Waals surface area (Å²) in [5.41, 5.74) is 1.14. The molecule has 0 aliphatic heterocycles. The molecule has 1 N–H and O–H groups in total. The average molecular weight is 333 g/mol. The summed E-state index contributed by atoms with van der Waals surface area (Å²) >= 11 is 0. The summed E-state index contributed by atoms with van der Waals surface area (Å²) < 4.78 is 29.3. The first kappa shape index (κ1) is 17.6. The van der Waals surface area contributed by atoms with Crippen LogP contribution in [0.5, 0.6) is 17.2 Å². The van der Waals surface area contributed by atoms with Gasteiger partial charge < -0.3 is 19.5 Å². The van der Waals surface area contributed by atoms with Crippen LogP contribution >= 0.6 is 0 Å². The standard InChI is InChI=1S/C18H20FNO4/c1-22-15-8-12(9-16(23-2)18(15)24-3)10-17(21)20-11-13-6-4-5-7-14(13)19/h4-9H,10-11H2,1-3H3,(H,20,21). The molecule has 2 aromatic rings. The Morgan fingerprint density at radius 3 is 2.21 bits per heavy atom. The number of carbonyl (C=O) groups excluding carboxylic acids is 1. The number of amides is 1. The SMILES string of the molecule is COc1cc(CC(=O)NCc2ccccc2F)cc(OC)c1OC. The van der Waals surface area contributed by atoms with E-state index in [9.17, 15) is 9.18 Å². The minimum Gasteiger partial charge on any atom is -0.493 e. The van der Waals surface area contributed by atoms with E-state index in [0.29, 0.717) is 28.4 Å². The largest absolute Gasteiger partial charge is 0.493 e. The van der Waals surface area contributed by atoms with Crippen molar-refractivity contribution in [2.24, 2.45) is 0 Å². The van der Waals surface area contributed by atoms with Crippen molar-refractivity contribution in [3.05, 3.63) is 53.3 Å². The van der Waals surface area contributed by atoms with Crippen LogP contribution in [0.1, 0.15) is 11.1 Å². The molecule has 6 heteroatoms.